The monoisotopic (exact) mass is 848 g/mol. The average molecular weight is 848 g/mol. The van der Waals surface area contributed by atoms with Crippen molar-refractivity contribution in [3.63, 3.8) is 0 Å². The van der Waals surface area contributed by atoms with Gasteiger partial charge in [0.15, 0.2) is 6.29 Å². The minimum atomic E-state index is -1.58. The normalized spacial score (nSPS) is 20.8. The number of benzene rings is 2. The molecule has 0 bridgehead atoms. The summed E-state index contributed by atoms with van der Waals surface area (Å²) in [5.41, 5.74) is 1.25. The highest BCUT2D eigenvalue weighted by atomic mass is 19.1. The standard InChI is InChI=1S/C48H78FNO10/c1-2-3-4-5-6-7-8-9-10-14-17-20-23-41(52)44(54)40(33-34-58-48-47(57)46(56)45(55)42(35-51)60-48)50-43(53)24-21-18-15-12-11-13-16-19-22-36-25-29-38(30-26-36)59-39-31-27-37(49)28-32-39/h25-32,40-42,44-48,51-52,54-57H,2-24,33-35H2,1H3,(H,50,53)/t40-,41+,42?,44-,45-,46-,47?,48-/m0/s1. The second-order valence-electron chi connectivity index (χ2n) is 16.8. The lowest BCUT2D eigenvalue weighted by atomic mass is 9.97. The molecule has 342 valence electrons. The fourth-order valence-electron chi connectivity index (χ4n) is 7.80. The van der Waals surface area contributed by atoms with E-state index in [0.717, 1.165) is 82.8 Å². The predicted octanol–water partition coefficient (Wildman–Crippen LogP) is 8.18. The third kappa shape index (κ3) is 20.9. The van der Waals surface area contributed by atoms with Crippen LogP contribution in [0.4, 0.5) is 4.39 Å². The molecule has 1 saturated heterocycles. The molecule has 2 aromatic carbocycles. The molecule has 1 fully saturated rings. The van der Waals surface area contributed by atoms with Crippen LogP contribution in [-0.2, 0) is 20.7 Å². The molecule has 2 aromatic rings. The maximum Gasteiger partial charge on any atom is 0.220 e. The Morgan fingerprint density at radius 2 is 1.20 bits per heavy atom. The van der Waals surface area contributed by atoms with Gasteiger partial charge in [0.25, 0.3) is 0 Å². The summed E-state index contributed by atoms with van der Waals surface area (Å²) in [6.45, 7) is 1.57. The van der Waals surface area contributed by atoms with Crippen molar-refractivity contribution < 1.29 is 54.0 Å². The number of aryl methyl sites for hydroxylation is 1. The smallest absolute Gasteiger partial charge is 0.220 e. The van der Waals surface area contributed by atoms with Crippen LogP contribution in [0.25, 0.3) is 0 Å². The van der Waals surface area contributed by atoms with E-state index >= 15 is 0 Å². The third-order valence-electron chi connectivity index (χ3n) is 11.7. The number of ether oxygens (including phenoxy) is 3. The zero-order valence-corrected chi connectivity index (χ0v) is 36.3. The van der Waals surface area contributed by atoms with E-state index in [4.69, 9.17) is 14.2 Å². The third-order valence-corrected chi connectivity index (χ3v) is 11.7. The number of unbranched alkanes of at least 4 members (excludes halogenated alkanes) is 18. The van der Waals surface area contributed by atoms with Crippen LogP contribution in [-0.4, -0.2) is 98.7 Å². The zero-order valence-electron chi connectivity index (χ0n) is 36.3. The lowest BCUT2D eigenvalue weighted by molar-refractivity contribution is -0.301. The van der Waals surface area contributed by atoms with Gasteiger partial charge in [0.2, 0.25) is 5.91 Å². The molecule has 1 heterocycles. The zero-order chi connectivity index (χ0) is 43.4. The lowest BCUT2D eigenvalue weighted by Crippen LogP contribution is -2.59. The van der Waals surface area contributed by atoms with Crippen LogP contribution in [0.3, 0.4) is 0 Å². The van der Waals surface area contributed by atoms with Gasteiger partial charge < -0.3 is 50.2 Å². The molecule has 0 saturated carbocycles. The van der Waals surface area contributed by atoms with Gasteiger partial charge in [0.05, 0.1) is 25.4 Å². The Morgan fingerprint density at radius 3 is 1.77 bits per heavy atom. The summed E-state index contributed by atoms with van der Waals surface area (Å²) in [5, 5.41) is 65.1. The Morgan fingerprint density at radius 1 is 0.683 bits per heavy atom. The highest BCUT2D eigenvalue weighted by molar-refractivity contribution is 5.76. The first-order chi connectivity index (χ1) is 29.1. The van der Waals surface area contributed by atoms with E-state index in [1.807, 2.05) is 12.1 Å². The van der Waals surface area contributed by atoms with E-state index in [-0.39, 0.29) is 24.8 Å². The maximum absolute atomic E-state index is 13.1. The highest BCUT2D eigenvalue weighted by Gasteiger charge is 2.44. The number of hydrogen-bond acceptors (Lipinski definition) is 10. The molecule has 1 aliphatic heterocycles. The highest BCUT2D eigenvalue weighted by Crippen LogP contribution is 2.24. The van der Waals surface area contributed by atoms with Gasteiger partial charge in [-0.15, -0.1) is 0 Å². The van der Waals surface area contributed by atoms with Crippen molar-refractivity contribution in [3.8, 4) is 11.5 Å². The molecule has 2 unspecified atom stereocenters. The van der Waals surface area contributed by atoms with Crippen LogP contribution in [0.15, 0.2) is 48.5 Å². The van der Waals surface area contributed by atoms with E-state index in [1.165, 1.54) is 69.1 Å². The van der Waals surface area contributed by atoms with Crippen LogP contribution in [0, 0.1) is 5.82 Å². The molecule has 60 heavy (non-hydrogen) atoms. The van der Waals surface area contributed by atoms with E-state index in [9.17, 15) is 39.8 Å². The van der Waals surface area contributed by atoms with Gasteiger partial charge in [0, 0.05) is 6.42 Å². The number of aliphatic hydroxyl groups excluding tert-OH is 6. The van der Waals surface area contributed by atoms with Crippen LogP contribution in [0.1, 0.15) is 160 Å². The van der Waals surface area contributed by atoms with Crippen molar-refractivity contribution in [2.45, 2.75) is 210 Å². The molecule has 0 aromatic heterocycles. The number of carbonyl (C=O) groups is 1. The average Bonchev–Trinajstić information content (AvgIpc) is 3.25. The minimum Gasteiger partial charge on any atom is -0.457 e. The fourth-order valence-corrected chi connectivity index (χ4v) is 7.80. The quantitative estimate of drug-likeness (QED) is 0.0340. The number of amides is 1. The summed E-state index contributed by atoms with van der Waals surface area (Å²) >= 11 is 0. The van der Waals surface area contributed by atoms with E-state index in [1.54, 1.807) is 12.1 Å². The molecule has 0 spiro atoms. The SMILES string of the molecule is CCCCCCCCCCCCCC[C@@H](O)[C@@H](O)[C@H](CCO[C@H]1OC(CO)[C@H](O)[C@H](O)C1O)NC(=O)CCCCCCCCCCc1ccc(Oc2ccc(F)cc2)cc1. The summed E-state index contributed by atoms with van der Waals surface area (Å²) in [7, 11) is 0. The number of carbonyl (C=O) groups excluding carboxylic acids is 1. The minimum absolute atomic E-state index is 0.0872. The number of halogens is 1. The summed E-state index contributed by atoms with van der Waals surface area (Å²) in [6, 6.07) is 13.2. The van der Waals surface area contributed by atoms with Crippen LogP contribution < -0.4 is 10.1 Å². The van der Waals surface area contributed by atoms with Crippen molar-refractivity contribution in [2.24, 2.45) is 0 Å². The predicted molar refractivity (Wildman–Crippen MR) is 232 cm³/mol. The molecule has 7 N–H and O–H groups in total. The molecule has 12 heteroatoms. The molecule has 1 amide bonds. The first kappa shape index (κ1) is 51.7. The summed E-state index contributed by atoms with van der Waals surface area (Å²) in [4.78, 5) is 13.0. The number of rotatable bonds is 34. The van der Waals surface area contributed by atoms with Gasteiger partial charge in [-0.25, -0.2) is 4.39 Å². The first-order valence-electron chi connectivity index (χ1n) is 23.2. The van der Waals surface area contributed by atoms with Gasteiger partial charge in [-0.3, -0.25) is 4.79 Å². The Hall–Kier alpha value is -2.68. The molecule has 11 nitrogen and oxygen atoms in total. The van der Waals surface area contributed by atoms with E-state index in [0.29, 0.717) is 25.0 Å². The van der Waals surface area contributed by atoms with Crippen molar-refractivity contribution in [1.29, 1.82) is 0 Å². The van der Waals surface area contributed by atoms with Crippen molar-refractivity contribution in [3.05, 3.63) is 59.9 Å². The second kappa shape index (κ2) is 31.2. The van der Waals surface area contributed by atoms with Gasteiger partial charge >= 0.3 is 0 Å². The Balaban J connectivity index is 1.31. The molecular formula is C48H78FNO10. The lowest BCUT2D eigenvalue weighted by Gasteiger charge is -2.39. The topological polar surface area (TPSA) is 178 Å². The van der Waals surface area contributed by atoms with Crippen molar-refractivity contribution >= 4 is 5.91 Å². The summed E-state index contributed by atoms with van der Waals surface area (Å²) in [6.07, 6.45) is 15.0. The Bertz CT molecular complexity index is 1370. The first-order valence-corrected chi connectivity index (χ1v) is 23.2. The van der Waals surface area contributed by atoms with Crippen LogP contribution >= 0.6 is 0 Å². The largest absolute Gasteiger partial charge is 0.457 e. The van der Waals surface area contributed by atoms with E-state index in [2.05, 4.69) is 24.4 Å². The second-order valence-corrected chi connectivity index (χ2v) is 16.8. The molecule has 1 aliphatic rings. The molecule has 3 rings (SSSR count). The number of hydrogen-bond donors (Lipinski definition) is 7. The fraction of sp³-hybridized carbons (Fsp3) is 0.729. The summed E-state index contributed by atoms with van der Waals surface area (Å²) < 4.78 is 30.0. The molecule has 8 atom stereocenters. The van der Waals surface area contributed by atoms with Crippen LogP contribution in [0.5, 0.6) is 11.5 Å². The van der Waals surface area contributed by atoms with Gasteiger partial charge in [0.1, 0.15) is 47.8 Å². The Labute approximate surface area is 359 Å². The van der Waals surface area contributed by atoms with Crippen LogP contribution in [0.2, 0.25) is 0 Å². The van der Waals surface area contributed by atoms with E-state index < -0.39 is 55.6 Å². The van der Waals surface area contributed by atoms with Crippen molar-refractivity contribution in [1.82, 2.24) is 5.32 Å². The number of aliphatic hydroxyl groups is 6. The molecule has 0 aliphatic carbocycles. The molecular weight excluding hydrogens is 770 g/mol. The maximum atomic E-state index is 13.1. The molecule has 0 radical (unpaired) electrons. The van der Waals surface area contributed by atoms with Gasteiger partial charge in [-0.05, 0) is 74.1 Å². The number of nitrogens with one attached hydrogen (secondary N) is 1. The Kier molecular flexibility index (Phi) is 26.9. The summed E-state index contributed by atoms with van der Waals surface area (Å²) in [5.74, 6) is 0.806. The van der Waals surface area contributed by atoms with Crippen molar-refractivity contribution in [2.75, 3.05) is 13.2 Å². The van der Waals surface area contributed by atoms with Gasteiger partial charge in [-0.2, -0.15) is 0 Å². The van der Waals surface area contributed by atoms with Gasteiger partial charge in [-0.1, -0.05) is 135 Å².